The zero-order valence-electron chi connectivity index (χ0n) is 18.5. The second kappa shape index (κ2) is 11.0. The molecule has 4 rings (SSSR count). The predicted molar refractivity (Wildman–Crippen MR) is 125 cm³/mol. The van der Waals surface area contributed by atoms with Crippen molar-refractivity contribution in [1.82, 2.24) is 14.9 Å². The molecule has 10 heteroatoms. The first kappa shape index (κ1) is 23.5. The van der Waals surface area contributed by atoms with Crippen LogP contribution in [0.2, 0.25) is 0 Å². The number of nitrogens with zero attached hydrogens (tertiary/aromatic N) is 3. The second-order valence-corrected chi connectivity index (χ2v) is 7.69. The van der Waals surface area contributed by atoms with Gasteiger partial charge in [0.25, 0.3) is 0 Å². The molecule has 0 atom stereocenters. The van der Waals surface area contributed by atoms with E-state index in [-0.39, 0.29) is 0 Å². The van der Waals surface area contributed by atoms with Crippen molar-refractivity contribution in [2.45, 2.75) is 6.42 Å². The topological polar surface area (TPSA) is 88.6 Å². The summed E-state index contributed by atoms with van der Waals surface area (Å²) in [6, 6.07) is 6.85. The number of carbonyl (C=O) groups excluding carboxylic acids is 1. The van der Waals surface area contributed by atoms with Gasteiger partial charge in [-0.15, -0.1) is 0 Å². The van der Waals surface area contributed by atoms with Crippen molar-refractivity contribution in [3.8, 4) is 5.75 Å². The minimum Gasteiger partial charge on any atom is -0.491 e. The number of aromatic nitrogens is 2. The fraction of sp³-hybridized carbons (Fsp3) is 0.292. The minimum absolute atomic E-state index is 0.319. The summed E-state index contributed by atoms with van der Waals surface area (Å²) in [4.78, 5) is 22.9. The number of morpholine rings is 1. The van der Waals surface area contributed by atoms with Crippen LogP contribution < -0.4 is 15.4 Å². The molecule has 2 heterocycles. The average Bonchev–Trinajstić information content (AvgIpc) is 2.85. The number of hydrogen-bond acceptors (Lipinski definition) is 7. The van der Waals surface area contributed by atoms with Crippen LogP contribution in [0.4, 0.5) is 26.0 Å². The lowest BCUT2D eigenvalue weighted by atomic mass is 10.1. The van der Waals surface area contributed by atoms with E-state index in [0.717, 1.165) is 57.5 Å². The molecule has 34 heavy (non-hydrogen) atoms. The maximum absolute atomic E-state index is 13.6. The van der Waals surface area contributed by atoms with Gasteiger partial charge in [0.15, 0.2) is 11.6 Å². The zero-order chi connectivity index (χ0) is 23.9. The monoisotopic (exact) mass is 469 g/mol. The van der Waals surface area contributed by atoms with Gasteiger partial charge >= 0.3 is 0 Å². The Hall–Kier alpha value is -3.63. The van der Waals surface area contributed by atoms with Crippen molar-refractivity contribution in [2.75, 3.05) is 50.1 Å². The van der Waals surface area contributed by atoms with E-state index in [4.69, 9.17) is 9.47 Å². The SMILES string of the molecule is C=CC(=O)Nc1cc2c(Nc3ccc(F)c(F)c3)ncnc2cc1OCCCN1CCOCC1. The summed E-state index contributed by atoms with van der Waals surface area (Å²) < 4.78 is 38.3. The molecule has 1 aliphatic heterocycles. The van der Waals surface area contributed by atoms with Crippen molar-refractivity contribution < 1.29 is 23.0 Å². The van der Waals surface area contributed by atoms with Crippen molar-refractivity contribution in [3.63, 3.8) is 0 Å². The van der Waals surface area contributed by atoms with Gasteiger partial charge in [-0.1, -0.05) is 6.58 Å². The van der Waals surface area contributed by atoms with Crippen LogP contribution in [0.1, 0.15) is 6.42 Å². The Morgan fingerprint density at radius 2 is 2.00 bits per heavy atom. The van der Waals surface area contributed by atoms with Crippen LogP contribution >= 0.6 is 0 Å². The quantitative estimate of drug-likeness (QED) is 0.363. The van der Waals surface area contributed by atoms with Gasteiger partial charge in [0.1, 0.15) is 17.9 Å². The molecule has 0 radical (unpaired) electrons. The highest BCUT2D eigenvalue weighted by molar-refractivity contribution is 6.03. The summed E-state index contributed by atoms with van der Waals surface area (Å²) in [5, 5.41) is 6.28. The second-order valence-electron chi connectivity index (χ2n) is 7.69. The highest BCUT2D eigenvalue weighted by Crippen LogP contribution is 2.33. The molecule has 1 aromatic heterocycles. The van der Waals surface area contributed by atoms with Gasteiger partial charge in [-0.2, -0.15) is 0 Å². The lowest BCUT2D eigenvalue weighted by Gasteiger charge is -2.26. The van der Waals surface area contributed by atoms with E-state index >= 15 is 0 Å². The van der Waals surface area contributed by atoms with E-state index < -0.39 is 17.5 Å². The Balaban J connectivity index is 1.56. The van der Waals surface area contributed by atoms with E-state index in [1.165, 1.54) is 12.4 Å². The number of anilines is 3. The normalized spacial score (nSPS) is 14.1. The molecule has 0 spiro atoms. The average molecular weight is 469 g/mol. The van der Waals surface area contributed by atoms with E-state index in [9.17, 15) is 13.6 Å². The predicted octanol–water partition coefficient (Wildman–Crippen LogP) is 3.88. The Bertz CT molecular complexity index is 1180. The third-order valence-electron chi connectivity index (χ3n) is 5.34. The molecule has 0 saturated carbocycles. The summed E-state index contributed by atoms with van der Waals surface area (Å²) in [7, 11) is 0. The number of amides is 1. The van der Waals surface area contributed by atoms with Crippen LogP contribution in [-0.2, 0) is 9.53 Å². The molecule has 2 N–H and O–H groups in total. The Morgan fingerprint density at radius 1 is 1.18 bits per heavy atom. The maximum atomic E-state index is 13.6. The summed E-state index contributed by atoms with van der Waals surface area (Å²) >= 11 is 0. The number of halogens is 2. The molecule has 0 unspecified atom stereocenters. The van der Waals surface area contributed by atoms with Crippen LogP contribution in [0.25, 0.3) is 10.9 Å². The van der Waals surface area contributed by atoms with Crippen LogP contribution in [0.5, 0.6) is 5.75 Å². The summed E-state index contributed by atoms with van der Waals surface area (Å²) in [6.45, 7) is 8.11. The highest BCUT2D eigenvalue weighted by Gasteiger charge is 2.14. The molecule has 0 aliphatic carbocycles. The van der Waals surface area contributed by atoms with Gasteiger partial charge in [-0.25, -0.2) is 18.7 Å². The molecule has 0 bridgehead atoms. The van der Waals surface area contributed by atoms with Crippen LogP contribution in [0.15, 0.2) is 49.3 Å². The zero-order valence-corrected chi connectivity index (χ0v) is 18.5. The van der Waals surface area contributed by atoms with Crippen LogP contribution in [0, 0.1) is 11.6 Å². The Labute approximate surface area is 195 Å². The maximum Gasteiger partial charge on any atom is 0.247 e. The fourth-order valence-corrected chi connectivity index (χ4v) is 3.59. The summed E-state index contributed by atoms with van der Waals surface area (Å²) in [5.74, 6) is -1.49. The van der Waals surface area contributed by atoms with Crippen LogP contribution in [0.3, 0.4) is 0 Å². The third-order valence-corrected chi connectivity index (χ3v) is 5.34. The van der Waals surface area contributed by atoms with E-state index in [1.807, 2.05) is 0 Å². The molecule has 178 valence electrons. The highest BCUT2D eigenvalue weighted by atomic mass is 19.2. The molecular formula is C24H25F2N5O3. The fourth-order valence-electron chi connectivity index (χ4n) is 3.59. The van der Waals surface area contributed by atoms with Crippen molar-refractivity contribution in [3.05, 3.63) is 60.9 Å². The molecular weight excluding hydrogens is 444 g/mol. The standard InChI is InChI=1S/C24H25F2N5O3/c1-2-23(32)30-21-13-17-20(14-22(21)34-9-3-6-31-7-10-33-11-8-31)27-15-28-24(17)29-16-4-5-18(25)19(26)12-16/h2,4-5,12-15H,1,3,6-11H2,(H,30,32)(H,27,28,29). The first-order chi connectivity index (χ1) is 16.5. The first-order valence-corrected chi connectivity index (χ1v) is 10.9. The number of hydrogen-bond donors (Lipinski definition) is 2. The Kier molecular flexibility index (Phi) is 7.61. The molecule has 8 nitrogen and oxygen atoms in total. The summed E-state index contributed by atoms with van der Waals surface area (Å²) in [6.07, 6.45) is 3.32. The van der Waals surface area contributed by atoms with E-state index in [0.29, 0.717) is 40.5 Å². The van der Waals surface area contributed by atoms with Crippen LogP contribution in [-0.4, -0.2) is 60.2 Å². The molecule has 1 amide bonds. The number of nitrogens with one attached hydrogen (secondary N) is 2. The molecule has 2 aromatic carbocycles. The first-order valence-electron chi connectivity index (χ1n) is 10.9. The van der Waals surface area contributed by atoms with Crippen molar-refractivity contribution in [2.24, 2.45) is 0 Å². The smallest absolute Gasteiger partial charge is 0.247 e. The lowest BCUT2D eigenvalue weighted by Crippen LogP contribution is -2.37. The van der Waals surface area contributed by atoms with Gasteiger partial charge < -0.3 is 20.1 Å². The molecule has 1 saturated heterocycles. The Morgan fingerprint density at radius 3 is 2.76 bits per heavy atom. The largest absolute Gasteiger partial charge is 0.491 e. The summed E-state index contributed by atoms with van der Waals surface area (Å²) in [5.41, 5.74) is 1.30. The van der Waals surface area contributed by atoms with Gasteiger partial charge in [-0.05, 0) is 30.7 Å². The number of carbonyl (C=O) groups is 1. The van der Waals surface area contributed by atoms with E-state index in [1.54, 1.807) is 12.1 Å². The lowest BCUT2D eigenvalue weighted by molar-refractivity contribution is -0.111. The van der Waals surface area contributed by atoms with Gasteiger partial charge in [0, 0.05) is 42.8 Å². The molecule has 1 aliphatic rings. The number of benzene rings is 2. The minimum atomic E-state index is -0.977. The van der Waals surface area contributed by atoms with Crippen molar-refractivity contribution >= 4 is 34.0 Å². The van der Waals surface area contributed by atoms with Crippen molar-refractivity contribution in [1.29, 1.82) is 0 Å². The van der Waals surface area contributed by atoms with Gasteiger partial charge in [0.2, 0.25) is 5.91 Å². The number of ether oxygens (including phenoxy) is 2. The molecule has 3 aromatic rings. The van der Waals surface area contributed by atoms with E-state index in [2.05, 4.69) is 32.1 Å². The number of fused-ring (bicyclic) bond motifs is 1. The van der Waals surface area contributed by atoms with Gasteiger partial charge in [-0.3, -0.25) is 9.69 Å². The third kappa shape index (κ3) is 5.83. The van der Waals surface area contributed by atoms with Gasteiger partial charge in [0.05, 0.1) is 31.0 Å². The molecule has 1 fully saturated rings. The number of rotatable bonds is 9.